The zero-order chi connectivity index (χ0) is 20.4. The molecule has 1 aliphatic heterocycles. The van der Waals surface area contributed by atoms with Gasteiger partial charge in [-0.05, 0) is 43.7 Å². The quantitative estimate of drug-likeness (QED) is 0.546. The van der Waals surface area contributed by atoms with Crippen molar-refractivity contribution in [2.24, 2.45) is 0 Å². The molecule has 0 fully saturated rings. The Balaban J connectivity index is 2.18. The molecule has 1 atom stereocenters. The Labute approximate surface area is 164 Å². The summed E-state index contributed by atoms with van der Waals surface area (Å²) in [5.41, 5.74) is 0.932. The van der Waals surface area contributed by atoms with Crippen LogP contribution < -0.4 is 9.47 Å². The third-order valence-corrected chi connectivity index (χ3v) is 5.28. The van der Waals surface area contributed by atoms with Crippen LogP contribution >= 0.6 is 0 Å². The summed E-state index contributed by atoms with van der Waals surface area (Å²) < 4.78 is 34.3. The van der Waals surface area contributed by atoms with Gasteiger partial charge in [0.05, 0.1) is 29.7 Å². The second-order valence-electron chi connectivity index (χ2n) is 6.12. The highest BCUT2D eigenvalue weighted by Crippen LogP contribution is 2.36. The van der Waals surface area contributed by atoms with Crippen molar-refractivity contribution >= 4 is 27.0 Å². The van der Waals surface area contributed by atoms with Crippen molar-refractivity contribution in [2.75, 3.05) is 13.7 Å². The first-order valence-electron chi connectivity index (χ1n) is 8.61. The highest BCUT2D eigenvalue weighted by molar-refractivity contribution is 7.73. The van der Waals surface area contributed by atoms with Gasteiger partial charge in [-0.1, -0.05) is 18.2 Å². The average molecular weight is 401 g/mol. The van der Waals surface area contributed by atoms with E-state index in [4.69, 9.17) is 9.47 Å². The SMILES string of the molecule is CCOc1cc(C(C(C)=S(=O)=O)N2C(=O)c3ccccc3C2=O)ccc1OC. The number of carbonyl (C=O) groups excluding carboxylic acids is 2. The van der Waals surface area contributed by atoms with Crippen LogP contribution in [0.5, 0.6) is 11.5 Å². The van der Waals surface area contributed by atoms with Crippen LogP contribution in [0.15, 0.2) is 42.5 Å². The van der Waals surface area contributed by atoms with E-state index in [1.54, 1.807) is 49.4 Å². The first-order chi connectivity index (χ1) is 13.4. The standard InChI is InChI=1S/C20H19NO6S/c1-4-27-17-11-13(9-10-16(17)26-3)18(12(2)28(24)25)21-19(22)14-7-5-6-8-15(14)20(21)23/h5-11,18H,4H2,1-3H3. The number of benzene rings is 2. The minimum Gasteiger partial charge on any atom is -0.493 e. The highest BCUT2D eigenvalue weighted by Gasteiger charge is 2.42. The van der Waals surface area contributed by atoms with Gasteiger partial charge in [-0.15, -0.1) is 0 Å². The second kappa shape index (κ2) is 7.85. The fraction of sp³-hybridized carbons (Fsp3) is 0.250. The first-order valence-corrected chi connectivity index (χ1v) is 9.68. The number of ether oxygens (including phenoxy) is 2. The monoisotopic (exact) mass is 401 g/mol. The lowest BCUT2D eigenvalue weighted by atomic mass is 10.0. The average Bonchev–Trinajstić information content (AvgIpc) is 2.94. The van der Waals surface area contributed by atoms with Crippen LogP contribution in [-0.2, 0) is 10.3 Å². The number of amides is 2. The van der Waals surface area contributed by atoms with E-state index in [1.165, 1.54) is 14.0 Å². The smallest absolute Gasteiger partial charge is 0.262 e. The van der Waals surface area contributed by atoms with Gasteiger partial charge < -0.3 is 9.47 Å². The van der Waals surface area contributed by atoms with Gasteiger partial charge in [-0.3, -0.25) is 14.5 Å². The molecule has 2 aromatic rings. The molecule has 3 rings (SSSR count). The van der Waals surface area contributed by atoms with Crippen LogP contribution in [0, 0.1) is 0 Å². The molecule has 146 valence electrons. The van der Waals surface area contributed by atoms with E-state index in [9.17, 15) is 18.0 Å². The molecular weight excluding hydrogens is 382 g/mol. The first kappa shape index (κ1) is 19.6. The Kier molecular flexibility index (Phi) is 5.51. The largest absolute Gasteiger partial charge is 0.493 e. The number of nitrogens with zero attached hydrogens (tertiary/aromatic N) is 1. The Hall–Kier alpha value is -3.13. The molecule has 2 amide bonds. The molecule has 1 unspecified atom stereocenters. The third kappa shape index (κ3) is 3.27. The van der Waals surface area contributed by atoms with Crippen molar-refractivity contribution < 1.29 is 27.5 Å². The molecule has 1 heterocycles. The number of imide groups is 1. The molecule has 28 heavy (non-hydrogen) atoms. The predicted molar refractivity (Wildman–Crippen MR) is 103 cm³/mol. The number of carbonyl (C=O) groups is 2. The maximum Gasteiger partial charge on any atom is 0.262 e. The van der Waals surface area contributed by atoms with Crippen LogP contribution in [0.1, 0.15) is 46.2 Å². The molecular formula is C20H19NO6S. The summed E-state index contributed by atoms with van der Waals surface area (Å²) >= 11 is 0. The number of fused-ring (bicyclic) bond motifs is 1. The zero-order valence-corrected chi connectivity index (χ0v) is 16.4. The topological polar surface area (TPSA) is 90.0 Å². The van der Waals surface area contributed by atoms with Gasteiger partial charge in [0.2, 0.25) is 10.3 Å². The molecule has 8 heteroatoms. The van der Waals surface area contributed by atoms with E-state index in [-0.39, 0.29) is 16.0 Å². The third-order valence-electron chi connectivity index (χ3n) is 4.53. The number of rotatable bonds is 6. The maximum absolute atomic E-state index is 12.9. The van der Waals surface area contributed by atoms with E-state index in [1.807, 2.05) is 0 Å². The van der Waals surface area contributed by atoms with Gasteiger partial charge >= 0.3 is 0 Å². The molecule has 2 aromatic carbocycles. The predicted octanol–water partition coefficient (Wildman–Crippen LogP) is 2.50. The van der Waals surface area contributed by atoms with Gasteiger partial charge in [0.1, 0.15) is 6.04 Å². The van der Waals surface area contributed by atoms with Crippen molar-refractivity contribution in [1.29, 1.82) is 0 Å². The van der Waals surface area contributed by atoms with Crippen LogP contribution in [0.4, 0.5) is 0 Å². The van der Waals surface area contributed by atoms with E-state index in [2.05, 4.69) is 0 Å². The van der Waals surface area contributed by atoms with Crippen LogP contribution in [0.25, 0.3) is 0 Å². The number of hydrogen-bond acceptors (Lipinski definition) is 6. The normalized spacial score (nSPS) is 13.9. The van der Waals surface area contributed by atoms with Gasteiger partial charge in [-0.25, -0.2) is 0 Å². The molecule has 0 radical (unpaired) electrons. The second-order valence-corrected chi connectivity index (χ2v) is 7.23. The minimum absolute atomic E-state index is 0.0536. The fourth-order valence-electron chi connectivity index (χ4n) is 3.23. The summed E-state index contributed by atoms with van der Waals surface area (Å²) in [6, 6.07) is 10.2. The molecule has 0 saturated heterocycles. The minimum atomic E-state index is -2.60. The number of hydrogen-bond donors (Lipinski definition) is 0. The zero-order valence-electron chi connectivity index (χ0n) is 15.6. The number of methoxy groups -OCH3 is 1. The van der Waals surface area contributed by atoms with Crippen LogP contribution in [0.3, 0.4) is 0 Å². The maximum atomic E-state index is 12.9. The van der Waals surface area contributed by atoms with E-state index < -0.39 is 28.1 Å². The summed E-state index contributed by atoms with van der Waals surface area (Å²) in [5, 5.41) is 0. The summed E-state index contributed by atoms with van der Waals surface area (Å²) in [6.45, 7) is 3.55. The van der Waals surface area contributed by atoms with Crippen LogP contribution in [0.2, 0.25) is 0 Å². The highest BCUT2D eigenvalue weighted by atomic mass is 32.2. The summed E-state index contributed by atoms with van der Waals surface area (Å²) in [5.74, 6) is -0.213. The van der Waals surface area contributed by atoms with Crippen molar-refractivity contribution in [3.8, 4) is 11.5 Å². The fourth-order valence-corrected chi connectivity index (χ4v) is 3.65. The Bertz CT molecular complexity index is 1050. The summed E-state index contributed by atoms with van der Waals surface area (Å²) in [6.07, 6.45) is 0. The van der Waals surface area contributed by atoms with Gasteiger partial charge in [-0.2, -0.15) is 8.42 Å². The van der Waals surface area contributed by atoms with Gasteiger partial charge in [0.25, 0.3) is 11.8 Å². The van der Waals surface area contributed by atoms with Crippen molar-refractivity contribution in [1.82, 2.24) is 4.90 Å². The molecule has 0 N–H and O–H groups in total. The molecule has 0 aliphatic carbocycles. The van der Waals surface area contributed by atoms with Gasteiger partial charge in [0, 0.05) is 0 Å². The van der Waals surface area contributed by atoms with Crippen molar-refractivity contribution in [3.63, 3.8) is 0 Å². The molecule has 7 nitrogen and oxygen atoms in total. The lowest BCUT2D eigenvalue weighted by Gasteiger charge is -2.26. The Morgan fingerprint density at radius 1 is 1.04 bits per heavy atom. The Morgan fingerprint density at radius 3 is 2.14 bits per heavy atom. The van der Waals surface area contributed by atoms with E-state index in [0.717, 1.165) is 4.90 Å². The van der Waals surface area contributed by atoms with Gasteiger partial charge in [0.15, 0.2) is 11.5 Å². The molecule has 0 saturated carbocycles. The van der Waals surface area contributed by atoms with Crippen LogP contribution in [-0.4, -0.2) is 43.7 Å². The van der Waals surface area contributed by atoms with E-state index in [0.29, 0.717) is 23.7 Å². The summed E-state index contributed by atoms with van der Waals surface area (Å²) in [7, 11) is -1.11. The van der Waals surface area contributed by atoms with E-state index >= 15 is 0 Å². The molecule has 0 spiro atoms. The Morgan fingerprint density at radius 2 is 1.64 bits per heavy atom. The molecule has 1 aliphatic rings. The molecule has 0 bridgehead atoms. The van der Waals surface area contributed by atoms with Crippen molar-refractivity contribution in [2.45, 2.75) is 19.9 Å². The van der Waals surface area contributed by atoms with Crippen molar-refractivity contribution in [3.05, 3.63) is 59.2 Å². The molecule has 0 aromatic heterocycles. The summed E-state index contributed by atoms with van der Waals surface area (Å²) in [4.78, 5) is 26.8. The lowest BCUT2D eigenvalue weighted by Crippen LogP contribution is -2.38. The lowest BCUT2D eigenvalue weighted by molar-refractivity contribution is 0.0625.